The predicted molar refractivity (Wildman–Crippen MR) is 145 cm³/mol. The first-order chi connectivity index (χ1) is 18.0. The van der Waals surface area contributed by atoms with Crippen LogP contribution >= 0.6 is 22.9 Å². The van der Waals surface area contributed by atoms with Gasteiger partial charge in [0.25, 0.3) is 5.56 Å². The van der Waals surface area contributed by atoms with Gasteiger partial charge in [-0.3, -0.25) is 14.4 Å². The maximum Gasteiger partial charge on any atom is 0.270 e. The highest BCUT2D eigenvalue weighted by molar-refractivity contribution is 7.07. The Hall–Kier alpha value is -3.55. The van der Waals surface area contributed by atoms with Crippen LogP contribution in [0.1, 0.15) is 40.8 Å². The summed E-state index contributed by atoms with van der Waals surface area (Å²) in [6.45, 7) is 0. The van der Waals surface area contributed by atoms with Crippen molar-refractivity contribution in [3.63, 3.8) is 0 Å². The molecular formula is C29H25ClN2O4S. The lowest BCUT2D eigenvalue weighted by atomic mass is 9.74. The van der Waals surface area contributed by atoms with E-state index in [-0.39, 0.29) is 40.1 Å². The summed E-state index contributed by atoms with van der Waals surface area (Å²) in [5, 5.41) is 10.3. The molecule has 1 N–H and O–H groups in total. The van der Waals surface area contributed by atoms with Crippen molar-refractivity contribution in [2.45, 2.75) is 24.9 Å². The van der Waals surface area contributed by atoms with Gasteiger partial charge in [-0.15, -0.1) is 0 Å². The van der Waals surface area contributed by atoms with E-state index in [1.165, 1.54) is 29.6 Å². The van der Waals surface area contributed by atoms with Crippen molar-refractivity contribution >= 4 is 29.0 Å². The van der Waals surface area contributed by atoms with Gasteiger partial charge in [-0.05, 0) is 65.4 Å². The number of nitrogens with zero attached hydrogens (tertiary/aromatic N) is 2. The second kappa shape index (κ2) is 9.39. The predicted octanol–water partition coefficient (Wildman–Crippen LogP) is 4.64. The zero-order chi connectivity index (χ0) is 25.7. The molecule has 188 valence electrons. The third kappa shape index (κ3) is 4.03. The van der Waals surface area contributed by atoms with Crippen LogP contribution < -0.4 is 24.4 Å². The molecule has 0 amide bonds. The van der Waals surface area contributed by atoms with Crippen LogP contribution in [0.3, 0.4) is 0 Å². The standard InChI is InChI=1S/C29H25ClN2O4S/c1-35-19-8-5-7-18(15-19)26-21-11-10-17-6-3-4-9-20(17)25(21)31-29-32(26)28(34)24(37-29)14-16-12-22(30)27(33)23(13-16)36-2/h3-9,12-15,21,25-26,33H,10-11H2,1-2H3/b24-14-/t21-,25+,26+/m1/s1. The minimum Gasteiger partial charge on any atom is -0.503 e. The quantitative estimate of drug-likeness (QED) is 0.415. The number of phenolic OH excluding ortho intramolecular Hbond substituents is 1. The highest BCUT2D eigenvalue weighted by Crippen LogP contribution is 2.46. The van der Waals surface area contributed by atoms with E-state index < -0.39 is 0 Å². The average molecular weight is 533 g/mol. The van der Waals surface area contributed by atoms with Crippen molar-refractivity contribution in [2.75, 3.05) is 14.2 Å². The van der Waals surface area contributed by atoms with Crippen LogP contribution in [-0.4, -0.2) is 23.9 Å². The summed E-state index contributed by atoms with van der Waals surface area (Å²) >= 11 is 7.58. The average Bonchev–Trinajstić information content (AvgIpc) is 3.23. The van der Waals surface area contributed by atoms with Gasteiger partial charge < -0.3 is 14.6 Å². The van der Waals surface area contributed by atoms with Crippen molar-refractivity contribution in [1.82, 2.24) is 4.57 Å². The van der Waals surface area contributed by atoms with Crippen molar-refractivity contribution in [3.05, 3.63) is 108 Å². The van der Waals surface area contributed by atoms with E-state index in [1.807, 2.05) is 22.8 Å². The van der Waals surface area contributed by atoms with Gasteiger partial charge in [0.1, 0.15) is 5.75 Å². The number of halogens is 1. The summed E-state index contributed by atoms with van der Waals surface area (Å²) in [6.07, 6.45) is 3.66. The molecule has 1 aliphatic heterocycles. The van der Waals surface area contributed by atoms with Crippen molar-refractivity contribution < 1.29 is 14.6 Å². The number of phenols is 1. The van der Waals surface area contributed by atoms with Gasteiger partial charge in [-0.25, -0.2) is 0 Å². The lowest BCUT2D eigenvalue weighted by Gasteiger charge is -2.39. The fraction of sp³-hybridized carbons (Fsp3) is 0.241. The van der Waals surface area contributed by atoms with Gasteiger partial charge >= 0.3 is 0 Å². The number of aromatic nitrogens is 1. The van der Waals surface area contributed by atoms with Crippen LogP contribution in [-0.2, 0) is 6.42 Å². The maximum atomic E-state index is 13.9. The second-order valence-electron chi connectivity index (χ2n) is 9.32. The molecule has 6 rings (SSSR count). The summed E-state index contributed by atoms with van der Waals surface area (Å²) in [4.78, 5) is 19.8. The lowest BCUT2D eigenvalue weighted by Crippen LogP contribution is -2.44. The highest BCUT2D eigenvalue weighted by Gasteiger charge is 2.40. The van der Waals surface area contributed by atoms with Crippen molar-refractivity contribution in [2.24, 2.45) is 10.9 Å². The molecular weight excluding hydrogens is 508 g/mol. The molecule has 4 aromatic rings. The zero-order valence-corrected chi connectivity index (χ0v) is 21.9. The molecule has 0 bridgehead atoms. The van der Waals surface area contributed by atoms with Gasteiger partial charge in [0.2, 0.25) is 0 Å². The van der Waals surface area contributed by atoms with Crippen LogP contribution in [0.5, 0.6) is 17.2 Å². The summed E-state index contributed by atoms with van der Waals surface area (Å²) < 4.78 is 13.2. The van der Waals surface area contributed by atoms with Gasteiger partial charge in [-0.2, -0.15) is 0 Å². The Morgan fingerprint density at radius 1 is 1.11 bits per heavy atom. The molecule has 6 nitrogen and oxygen atoms in total. The number of hydrogen-bond donors (Lipinski definition) is 1. The van der Waals surface area contributed by atoms with Crippen molar-refractivity contribution in [3.8, 4) is 17.2 Å². The lowest BCUT2D eigenvalue weighted by molar-refractivity contribution is 0.252. The Morgan fingerprint density at radius 2 is 1.95 bits per heavy atom. The molecule has 3 atom stereocenters. The number of hydrogen-bond acceptors (Lipinski definition) is 6. The van der Waals surface area contributed by atoms with E-state index in [0.717, 1.165) is 24.2 Å². The van der Waals surface area contributed by atoms with Crippen LogP contribution in [0.25, 0.3) is 6.08 Å². The summed E-state index contributed by atoms with van der Waals surface area (Å²) in [5.74, 6) is 1.02. The van der Waals surface area contributed by atoms with E-state index in [4.69, 9.17) is 26.1 Å². The molecule has 3 aromatic carbocycles. The summed E-state index contributed by atoms with van der Waals surface area (Å²) in [6, 6.07) is 19.5. The maximum absolute atomic E-state index is 13.9. The molecule has 0 saturated carbocycles. The van der Waals surface area contributed by atoms with Gasteiger partial charge in [0.15, 0.2) is 16.3 Å². The first-order valence-electron chi connectivity index (χ1n) is 12.1. The Labute approximate surface area is 222 Å². The normalized spacial score (nSPS) is 20.4. The molecule has 1 aliphatic carbocycles. The SMILES string of the molecule is COc1cccc([C@H]2[C@@H]3CCc4ccccc4[C@@H]3N=c3s/c(=C\c4cc(Cl)c(O)c(OC)c4)c(=O)n32)c1. The van der Waals surface area contributed by atoms with E-state index in [0.29, 0.717) is 14.9 Å². The first kappa shape index (κ1) is 23.8. The molecule has 0 unspecified atom stereocenters. The number of aryl methyl sites for hydroxylation is 1. The van der Waals surface area contributed by atoms with Gasteiger partial charge in [0, 0.05) is 5.92 Å². The molecule has 0 radical (unpaired) electrons. The van der Waals surface area contributed by atoms with Crippen LogP contribution in [0.4, 0.5) is 0 Å². The monoisotopic (exact) mass is 532 g/mol. The zero-order valence-electron chi connectivity index (χ0n) is 20.3. The molecule has 0 saturated heterocycles. The van der Waals surface area contributed by atoms with Crippen LogP contribution in [0, 0.1) is 5.92 Å². The minimum absolute atomic E-state index is 0.0322. The fourth-order valence-corrected chi connectivity index (χ4v) is 6.85. The third-order valence-corrected chi connectivity index (χ3v) is 8.59. The number of ether oxygens (including phenoxy) is 2. The number of methoxy groups -OCH3 is 2. The van der Waals surface area contributed by atoms with Crippen LogP contribution in [0.2, 0.25) is 5.02 Å². The van der Waals surface area contributed by atoms with E-state index >= 15 is 0 Å². The fourth-order valence-electron chi connectivity index (χ4n) is 5.60. The molecule has 2 aliphatic rings. The van der Waals surface area contributed by atoms with Crippen molar-refractivity contribution in [1.29, 1.82) is 0 Å². The Balaban J connectivity index is 1.59. The smallest absolute Gasteiger partial charge is 0.270 e. The molecule has 0 spiro atoms. The van der Waals surface area contributed by atoms with E-state index in [2.05, 4.69) is 30.3 Å². The first-order valence-corrected chi connectivity index (χ1v) is 13.3. The summed E-state index contributed by atoms with van der Waals surface area (Å²) in [7, 11) is 3.12. The number of thiazole rings is 1. The molecule has 8 heteroatoms. The third-order valence-electron chi connectivity index (χ3n) is 7.30. The topological polar surface area (TPSA) is 73.1 Å². The molecule has 2 heterocycles. The van der Waals surface area contributed by atoms with Crippen LogP contribution in [0.15, 0.2) is 70.5 Å². The molecule has 1 aromatic heterocycles. The number of rotatable bonds is 4. The largest absolute Gasteiger partial charge is 0.503 e. The number of aromatic hydroxyl groups is 1. The highest BCUT2D eigenvalue weighted by atomic mass is 35.5. The number of fused-ring (bicyclic) bond motifs is 4. The Morgan fingerprint density at radius 3 is 2.76 bits per heavy atom. The Kier molecular flexibility index (Phi) is 6.05. The van der Waals surface area contributed by atoms with E-state index in [9.17, 15) is 9.90 Å². The summed E-state index contributed by atoms with van der Waals surface area (Å²) in [5.41, 5.74) is 4.15. The second-order valence-corrected chi connectivity index (χ2v) is 10.7. The van der Waals surface area contributed by atoms with Gasteiger partial charge in [0.05, 0.1) is 35.9 Å². The van der Waals surface area contributed by atoms with Gasteiger partial charge in [-0.1, -0.05) is 59.3 Å². The molecule has 0 fully saturated rings. The molecule has 37 heavy (non-hydrogen) atoms. The number of benzene rings is 3. The Bertz CT molecular complexity index is 1690. The minimum atomic E-state index is -0.176. The van der Waals surface area contributed by atoms with E-state index in [1.54, 1.807) is 25.3 Å².